The Kier molecular flexibility index (Phi) is 11.8. The lowest BCUT2D eigenvalue weighted by atomic mass is 9.97. The Morgan fingerprint density at radius 3 is 2.56 bits per heavy atom. The molecule has 1 heterocycles. The van der Waals surface area contributed by atoms with Crippen LogP contribution in [0.4, 0.5) is 13.2 Å². The van der Waals surface area contributed by atoms with Gasteiger partial charge >= 0.3 is 12.1 Å². The van der Waals surface area contributed by atoms with Gasteiger partial charge in [0.25, 0.3) is 0 Å². The first-order valence-corrected chi connectivity index (χ1v) is 14.0. The Hall–Kier alpha value is -3.30. The van der Waals surface area contributed by atoms with E-state index in [1.54, 1.807) is 30.3 Å². The van der Waals surface area contributed by atoms with Gasteiger partial charge in [-0.3, -0.25) is 0 Å². The fourth-order valence-electron chi connectivity index (χ4n) is 4.60. The zero-order valence-electron chi connectivity index (χ0n) is 23.6. The molecular weight excluding hydrogens is 537 g/mol. The van der Waals surface area contributed by atoms with Crippen molar-refractivity contribution < 1.29 is 42.1 Å². The van der Waals surface area contributed by atoms with Crippen LogP contribution in [0.2, 0.25) is 0 Å². The molecule has 0 spiro atoms. The zero-order chi connectivity index (χ0) is 30.0. The molecule has 1 aromatic heterocycles. The number of furan rings is 1. The smallest absolute Gasteiger partial charge is 0.417 e. The number of hydrogen-bond acceptors (Lipinski definition) is 6. The maximum absolute atomic E-state index is 13.9. The zero-order valence-corrected chi connectivity index (χ0v) is 23.6. The summed E-state index contributed by atoms with van der Waals surface area (Å²) in [6, 6.07) is 11.2. The number of aliphatic hydroxyl groups is 2. The van der Waals surface area contributed by atoms with Gasteiger partial charge in [0.1, 0.15) is 23.7 Å². The van der Waals surface area contributed by atoms with Gasteiger partial charge in [0.2, 0.25) is 0 Å². The standard InChI is InChI=1S/C32H39F3O6/c1-4-5-6-8-22-10-13-27(28(16-22)32(33,34)35)30-17-24-11-12-26(18-29(24)41-30)39-14-7-9-23(19-36)15-25(37)20-40-31(38)21(2)3/h10-13,16-18,23,25,36-37H,2,4-9,14-15,19-20H2,1,3H3. The molecule has 0 aliphatic heterocycles. The van der Waals surface area contributed by atoms with Gasteiger partial charge in [-0.25, -0.2) is 4.79 Å². The van der Waals surface area contributed by atoms with Crippen molar-refractivity contribution in [1.82, 2.24) is 0 Å². The minimum Gasteiger partial charge on any atom is -0.493 e. The lowest BCUT2D eigenvalue weighted by molar-refractivity contribution is -0.142. The highest BCUT2D eigenvalue weighted by atomic mass is 19.4. The summed E-state index contributed by atoms with van der Waals surface area (Å²) in [4.78, 5) is 11.5. The average Bonchev–Trinajstić information content (AvgIpc) is 3.36. The summed E-state index contributed by atoms with van der Waals surface area (Å²) in [5, 5.41) is 20.4. The van der Waals surface area contributed by atoms with Crippen molar-refractivity contribution in [2.24, 2.45) is 5.92 Å². The fraction of sp³-hybridized carbons (Fsp3) is 0.469. The van der Waals surface area contributed by atoms with Crippen molar-refractivity contribution in [3.8, 4) is 17.1 Å². The first kappa shape index (κ1) is 32.2. The number of fused-ring (bicyclic) bond motifs is 1. The van der Waals surface area contributed by atoms with E-state index in [1.165, 1.54) is 19.1 Å². The Bertz CT molecular complexity index is 1300. The number of esters is 1. The van der Waals surface area contributed by atoms with E-state index in [9.17, 15) is 28.2 Å². The van der Waals surface area contributed by atoms with Crippen molar-refractivity contribution in [2.75, 3.05) is 19.8 Å². The molecule has 0 amide bonds. The lowest BCUT2D eigenvalue weighted by Crippen LogP contribution is -2.23. The number of carbonyl (C=O) groups is 1. The summed E-state index contributed by atoms with van der Waals surface area (Å²) in [6.07, 6.45) is -0.577. The third kappa shape index (κ3) is 9.64. The summed E-state index contributed by atoms with van der Waals surface area (Å²) in [6.45, 7) is 7.08. The summed E-state index contributed by atoms with van der Waals surface area (Å²) in [5.74, 6) is -0.126. The van der Waals surface area contributed by atoms with Gasteiger partial charge in [0.05, 0.1) is 18.3 Å². The average molecular weight is 577 g/mol. The Morgan fingerprint density at radius 1 is 1.10 bits per heavy atom. The van der Waals surface area contributed by atoms with Crippen LogP contribution in [0, 0.1) is 5.92 Å². The third-order valence-electron chi connectivity index (χ3n) is 6.86. The van der Waals surface area contributed by atoms with Gasteiger partial charge in [0.15, 0.2) is 0 Å². The number of aryl methyl sites for hydroxylation is 1. The number of unbranched alkanes of at least 4 members (excludes halogenated alkanes) is 2. The van der Waals surface area contributed by atoms with Crippen LogP contribution in [0.3, 0.4) is 0 Å². The van der Waals surface area contributed by atoms with Crippen LogP contribution in [0.5, 0.6) is 5.75 Å². The molecule has 2 aromatic carbocycles. The molecule has 9 heteroatoms. The minimum atomic E-state index is -4.51. The Balaban J connectivity index is 1.60. The molecule has 0 aliphatic carbocycles. The van der Waals surface area contributed by atoms with Crippen LogP contribution in [-0.4, -0.2) is 42.1 Å². The molecule has 0 saturated carbocycles. The number of benzene rings is 2. The molecule has 3 rings (SSSR count). The maximum Gasteiger partial charge on any atom is 0.417 e. The van der Waals surface area contributed by atoms with E-state index in [0.29, 0.717) is 48.2 Å². The second-order valence-electron chi connectivity index (χ2n) is 10.5. The minimum absolute atomic E-state index is 0.00188. The molecule has 0 saturated heterocycles. The summed E-state index contributed by atoms with van der Waals surface area (Å²) in [7, 11) is 0. The van der Waals surface area contributed by atoms with E-state index in [4.69, 9.17) is 13.9 Å². The summed E-state index contributed by atoms with van der Waals surface area (Å²) >= 11 is 0. The number of ether oxygens (including phenoxy) is 2. The van der Waals surface area contributed by atoms with Crippen molar-refractivity contribution in [3.63, 3.8) is 0 Å². The number of carbonyl (C=O) groups excluding carboxylic acids is 1. The lowest BCUT2D eigenvalue weighted by Gasteiger charge is -2.18. The normalized spacial score (nSPS) is 13.2. The van der Waals surface area contributed by atoms with Crippen molar-refractivity contribution in [2.45, 2.75) is 71.1 Å². The van der Waals surface area contributed by atoms with Crippen molar-refractivity contribution >= 4 is 16.9 Å². The van der Waals surface area contributed by atoms with Crippen LogP contribution in [0.1, 0.15) is 63.5 Å². The fourth-order valence-corrected chi connectivity index (χ4v) is 4.60. The van der Waals surface area contributed by atoms with Crippen LogP contribution in [0.25, 0.3) is 22.3 Å². The highest BCUT2D eigenvalue weighted by Crippen LogP contribution is 2.40. The monoisotopic (exact) mass is 576 g/mol. The molecule has 0 radical (unpaired) electrons. The molecule has 2 N–H and O–H groups in total. The molecule has 0 bridgehead atoms. The highest BCUT2D eigenvalue weighted by molar-refractivity contribution is 5.87. The number of hydrogen-bond donors (Lipinski definition) is 2. The number of rotatable bonds is 16. The van der Waals surface area contributed by atoms with Gasteiger partial charge in [-0.1, -0.05) is 38.5 Å². The van der Waals surface area contributed by atoms with Crippen molar-refractivity contribution in [1.29, 1.82) is 0 Å². The number of alkyl halides is 3. The topological polar surface area (TPSA) is 89.1 Å². The van der Waals surface area contributed by atoms with Crippen LogP contribution < -0.4 is 4.74 Å². The van der Waals surface area contributed by atoms with E-state index < -0.39 is 23.8 Å². The van der Waals surface area contributed by atoms with Gasteiger partial charge in [-0.15, -0.1) is 0 Å². The van der Waals surface area contributed by atoms with Gasteiger partial charge < -0.3 is 24.1 Å². The van der Waals surface area contributed by atoms with E-state index in [2.05, 4.69) is 13.5 Å². The first-order chi connectivity index (χ1) is 19.5. The molecule has 224 valence electrons. The molecule has 2 atom stereocenters. The van der Waals surface area contributed by atoms with Crippen LogP contribution >= 0.6 is 0 Å². The van der Waals surface area contributed by atoms with E-state index in [0.717, 1.165) is 19.3 Å². The van der Waals surface area contributed by atoms with Crippen LogP contribution in [0.15, 0.2) is 59.0 Å². The number of aliphatic hydroxyl groups excluding tert-OH is 2. The molecule has 3 aromatic rings. The SMILES string of the molecule is C=C(C)C(=O)OCC(O)CC(CO)CCCOc1ccc2cc(-c3ccc(CCCCC)cc3C(F)(F)F)oc2c1. The molecule has 6 nitrogen and oxygen atoms in total. The van der Waals surface area contributed by atoms with E-state index >= 15 is 0 Å². The first-order valence-electron chi connectivity index (χ1n) is 14.0. The largest absolute Gasteiger partial charge is 0.493 e. The molecule has 41 heavy (non-hydrogen) atoms. The molecule has 0 fully saturated rings. The molecule has 0 aliphatic rings. The van der Waals surface area contributed by atoms with E-state index in [-0.39, 0.29) is 42.4 Å². The summed E-state index contributed by atoms with van der Waals surface area (Å²) < 4.78 is 58.4. The van der Waals surface area contributed by atoms with Gasteiger partial charge in [-0.2, -0.15) is 13.2 Å². The van der Waals surface area contributed by atoms with Gasteiger partial charge in [0, 0.05) is 29.2 Å². The Morgan fingerprint density at radius 2 is 1.88 bits per heavy atom. The molecular formula is C32H39F3O6. The second kappa shape index (κ2) is 15.1. The second-order valence-corrected chi connectivity index (χ2v) is 10.5. The predicted molar refractivity (Wildman–Crippen MR) is 152 cm³/mol. The Labute approximate surface area is 238 Å². The quantitative estimate of drug-likeness (QED) is 0.104. The summed E-state index contributed by atoms with van der Waals surface area (Å²) in [5.41, 5.74) is 0.611. The third-order valence-corrected chi connectivity index (χ3v) is 6.86. The predicted octanol–water partition coefficient (Wildman–Crippen LogP) is 7.49. The van der Waals surface area contributed by atoms with Crippen molar-refractivity contribution in [3.05, 3.63) is 65.7 Å². The van der Waals surface area contributed by atoms with Crippen LogP contribution in [-0.2, 0) is 22.1 Å². The highest BCUT2D eigenvalue weighted by Gasteiger charge is 2.35. The van der Waals surface area contributed by atoms with E-state index in [1.807, 2.05) is 0 Å². The number of halogens is 3. The van der Waals surface area contributed by atoms with Gasteiger partial charge in [-0.05, 0) is 74.8 Å². The maximum atomic E-state index is 13.9. The molecule has 2 unspecified atom stereocenters.